The van der Waals surface area contributed by atoms with Gasteiger partial charge < -0.3 is 15.8 Å². The van der Waals surface area contributed by atoms with E-state index in [2.05, 4.69) is 21.7 Å². The summed E-state index contributed by atoms with van der Waals surface area (Å²) in [6.45, 7) is 3.80. The molecule has 6 heteroatoms. The summed E-state index contributed by atoms with van der Waals surface area (Å²) in [5.41, 5.74) is 7.08. The van der Waals surface area contributed by atoms with Gasteiger partial charge >= 0.3 is 0 Å². The van der Waals surface area contributed by atoms with Gasteiger partial charge in [-0.05, 0) is 23.4 Å². The van der Waals surface area contributed by atoms with Crippen LogP contribution in [0.15, 0.2) is 11.4 Å². The number of nitrogens with two attached hydrogens (primary N) is 1. The molecule has 0 bridgehead atoms. The Bertz CT molecular complexity index is 422. The molecule has 1 amide bonds. The van der Waals surface area contributed by atoms with Crippen LogP contribution in [0.2, 0.25) is 0 Å². The van der Waals surface area contributed by atoms with Gasteiger partial charge in [-0.3, -0.25) is 9.69 Å². The summed E-state index contributed by atoms with van der Waals surface area (Å²) in [6.07, 6.45) is 1.12. The summed E-state index contributed by atoms with van der Waals surface area (Å²) in [5, 5.41) is 5.00. The Kier molecular flexibility index (Phi) is 5.33. The number of hydrogen-bond donors (Lipinski definition) is 2. The number of carbonyl (C=O) groups is 1. The molecule has 1 aromatic heterocycles. The van der Waals surface area contributed by atoms with Gasteiger partial charge in [-0.1, -0.05) is 0 Å². The molecule has 1 atom stereocenters. The second kappa shape index (κ2) is 7.00. The van der Waals surface area contributed by atoms with Crippen molar-refractivity contribution in [1.29, 1.82) is 0 Å². The number of methoxy groups -OCH3 is 1. The SMILES string of the molecule is COCC(N)C(=O)NCCN1CCc2sccc2C1. The first-order valence-electron chi connectivity index (χ1n) is 6.50. The molecule has 0 spiro atoms. The Balaban J connectivity index is 1.68. The van der Waals surface area contributed by atoms with Crippen molar-refractivity contribution < 1.29 is 9.53 Å². The van der Waals surface area contributed by atoms with E-state index in [0.717, 1.165) is 26.1 Å². The zero-order valence-electron chi connectivity index (χ0n) is 11.2. The third kappa shape index (κ3) is 4.01. The van der Waals surface area contributed by atoms with Crippen molar-refractivity contribution in [3.05, 3.63) is 21.9 Å². The van der Waals surface area contributed by atoms with Crippen LogP contribution < -0.4 is 11.1 Å². The number of nitrogens with zero attached hydrogens (tertiary/aromatic N) is 1. The van der Waals surface area contributed by atoms with Crippen molar-refractivity contribution >= 4 is 17.2 Å². The van der Waals surface area contributed by atoms with Crippen molar-refractivity contribution in [1.82, 2.24) is 10.2 Å². The van der Waals surface area contributed by atoms with Gasteiger partial charge in [0.15, 0.2) is 0 Å². The van der Waals surface area contributed by atoms with Crippen LogP contribution in [0.5, 0.6) is 0 Å². The van der Waals surface area contributed by atoms with Crippen LogP contribution in [0, 0.1) is 0 Å². The average molecular weight is 283 g/mol. The van der Waals surface area contributed by atoms with Gasteiger partial charge in [-0.15, -0.1) is 11.3 Å². The van der Waals surface area contributed by atoms with Gasteiger partial charge in [0, 0.05) is 38.2 Å². The maximum Gasteiger partial charge on any atom is 0.239 e. The van der Waals surface area contributed by atoms with Gasteiger partial charge in [-0.25, -0.2) is 0 Å². The quantitative estimate of drug-likeness (QED) is 0.782. The molecule has 0 fully saturated rings. The standard InChI is InChI=1S/C13H21N3O2S/c1-18-9-11(14)13(17)15-4-6-16-5-2-12-10(8-16)3-7-19-12/h3,7,11H,2,4-6,8-9,14H2,1H3,(H,15,17). The first-order valence-corrected chi connectivity index (χ1v) is 7.38. The molecule has 0 saturated carbocycles. The van der Waals surface area contributed by atoms with Gasteiger partial charge in [0.2, 0.25) is 5.91 Å². The second-order valence-electron chi connectivity index (χ2n) is 4.75. The molecular weight excluding hydrogens is 262 g/mol. The smallest absolute Gasteiger partial charge is 0.239 e. The van der Waals surface area contributed by atoms with Crippen LogP contribution in [0.3, 0.4) is 0 Å². The largest absolute Gasteiger partial charge is 0.383 e. The predicted molar refractivity (Wildman–Crippen MR) is 76.2 cm³/mol. The molecule has 0 aliphatic carbocycles. The summed E-state index contributed by atoms with van der Waals surface area (Å²) in [4.78, 5) is 15.5. The van der Waals surface area contributed by atoms with Crippen LogP contribution >= 0.6 is 11.3 Å². The number of ether oxygens (including phenoxy) is 1. The van der Waals surface area contributed by atoms with E-state index in [0.29, 0.717) is 6.54 Å². The summed E-state index contributed by atoms with van der Waals surface area (Å²) < 4.78 is 4.86. The Morgan fingerprint density at radius 3 is 3.32 bits per heavy atom. The van der Waals surface area contributed by atoms with E-state index < -0.39 is 6.04 Å². The third-order valence-corrected chi connectivity index (χ3v) is 4.32. The zero-order valence-corrected chi connectivity index (χ0v) is 12.0. The zero-order chi connectivity index (χ0) is 13.7. The third-order valence-electron chi connectivity index (χ3n) is 3.30. The van der Waals surface area contributed by atoms with Gasteiger partial charge in [0.1, 0.15) is 6.04 Å². The highest BCUT2D eigenvalue weighted by Gasteiger charge is 2.17. The van der Waals surface area contributed by atoms with Crippen molar-refractivity contribution in [2.75, 3.05) is 33.4 Å². The molecule has 1 aliphatic heterocycles. The van der Waals surface area contributed by atoms with Crippen LogP contribution in [-0.4, -0.2) is 50.2 Å². The Morgan fingerprint density at radius 2 is 2.53 bits per heavy atom. The second-order valence-corrected chi connectivity index (χ2v) is 5.75. The van der Waals surface area contributed by atoms with E-state index >= 15 is 0 Å². The minimum atomic E-state index is -0.574. The Hall–Kier alpha value is -0.950. The summed E-state index contributed by atoms with van der Waals surface area (Å²) in [7, 11) is 1.54. The minimum Gasteiger partial charge on any atom is -0.383 e. The summed E-state index contributed by atoms with van der Waals surface area (Å²) in [6, 6.07) is 1.62. The van der Waals surface area contributed by atoms with Crippen molar-refractivity contribution in [2.24, 2.45) is 5.73 Å². The minimum absolute atomic E-state index is 0.143. The topological polar surface area (TPSA) is 67.6 Å². The number of fused-ring (bicyclic) bond motifs is 1. The molecule has 1 unspecified atom stereocenters. The molecule has 2 rings (SSSR count). The highest BCUT2D eigenvalue weighted by Crippen LogP contribution is 2.23. The lowest BCUT2D eigenvalue weighted by Gasteiger charge is -2.26. The molecule has 5 nitrogen and oxygen atoms in total. The average Bonchev–Trinajstić information content (AvgIpc) is 2.86. The molecule has 1 aliphatic rings. The van der Waals surface area contributed by atoms with E-state index in [-0.39, 0.29) is 12.5 Å². The van der Waals surface area contributed by atoms with Gasteiger partial charge in [0.05, 0.1) is 6.61 Å². The monoisotopic (exact) mass is 283 g/mol. The highest BCUT2D eigenvalue weighted by atomic mass is 32.1. The highest BCUT2D eigenvalue weighted by molar-refractivity contribution is 7.10. The number of rotatable bonds is 6. The van der Waals surface area contributed by atoms with Crippen LogP contribution in [0.1, 0.15) is 10.4 Å². The number of hydrogen-bond acceptors (Lipinski definition) is 5. The maximum absolute atomic E-state index is 11.6. The molecule has 0 aromatic carbocycles. The fraction of sp³-hybridized carbons (Fsp3) is 0.615. The van der Waals surface area contributed by atoms with E-state index in [1.807, 2.05) is 11.3 Å². The molecule has 0 radical (unpaired) electrons. The fourth-order valence-electron chi connectivity index (χ4n) is 2.22. The number of thiophene rings is 1. The van der Waals surface area contributed by atoms with Crippen molar-refractivity contribution in [3.8, 4) is 0 Å². The van der Waals surface area contributed by atoms with E-state index in [9.17, 15) is 4.79 Å². The molecule has 0 saturated heterocycles. The molecule has 2 heterocycles. The molecule has 106 valence electrons. The number of carbonyl (C=O) groups excluding carboxylic acids is 1. The van der Waals surface area contributed by atoms with E-state index in [1.165, 1.54) is 10.4 Å². The molecule has 1 aromatic rings. The van der Waals surface area contributed by atoms with Crippen LogP contribution in [-0.2, 0) is 22.5 Å². The Morgan fingerprint density at radius 1 is 1.68 bits per heavy atom. The van der Waals surface area contributed by atoms with Crippen molar-refractivity contribution in [2.45, 2.75) is 19.0 Å². The summed E-state index contributed by atoms with van der Waals surface area (Å²) >= 11 is 1.84. The van der Waals surface area contributed by atoms with Crippen LogP contribution in [0.25, 0.3) is 0 Å². The first kappa shape index (κ1) is 14.5. The fourth-order valence-corrected chi connectivity index (χ4v) is 3.11. The van der Waals surface area contributed by atoms with Gasteiger partial charge in [-0.2, -0.15) is 0 Å². The maximum atomic E-state index is 11.6. The van der Waals surface area contributed by atoms with Crippen molar-refractivity contribution in [3.63, 3.8) is 0 Å². The lowest BCUT2D eigenvalue weighted by atomic mass is 10.1. The van der Waals surface area contributed by atoms with E-state index in [1.54, 1.807) is 7.11 Å². The van der Waals surface area contributed by atoms with E-state index in [4.69, 9.17) is 10.5 Å². The molecule has 3 N–H and O–H groups in total. The van der Waals surface area contributed by atoms with Crippen LogP contribution in [0.4, 0.5) is 0 Å². The molecular formula is C13H21N3O2S. The Labute approximate surface area is 117 Å². The molecule has 19 heavy (non-hydrogen) atoms. The summed E-state index contributed by atoms with van der Waals surface area (Å²) in [5.74, 6) is -0.143. The number of nitrogens with one attached hydrogen (secondary N) is 1. The lowest BCUT2D eigenvalue weighted by Crippen LogP contribution is -2.46. The number of amides is 1. The normalized spacial score (nSPS) is 16.9. The van der Waals surface area contributed by atoms with Gasteiger partial charge in [0.25, 0.3) is 0 Å². The predicted octanol–water partition coefficient (Wildman–Crippen LogP) is 0.196. The first-order chi connectivity index (χ1) is 9.20. The lowest BCUT2D eigenvalue weighted by molar-refractivity contribution is -0.123.